The number of hydrogen-bond donors (Lipinski definition) is 2. The van der Waals surface area contributed by atoms with Gasteiger partial charge in [-0.25, -0.2) is 10.1 Å². The van der Waals surface area contributed by atoms with Gasteiger partial charge in [0, 0.05) is 6.54 Å². The van der Waals surface area contributed by atoms with E-state index in [0.717, 1.165) is 31.5 Å². The summed E-state index contributed by atoms with van der Waals surface area (Å²) in [6.07, 6.45) is 3.46. The number of rotatable bonds is 6. The minimum absolute atomic E-state index is 0.0161. The van der Waals surface area contributed by atoms with Crippen LogP contribution in [0.3, 0.4) is 0 Å². The Kier molecular flexibility index (Phi) is 5.80. The Bertz CT molecular complexity index is 1040. The summed E-state index contributed by atoms with van der Waals surface area (Å²) in [6, 6.07) is 9.57. The number of anilines is 1. The highest BCUT2D eigenvalue weighted by Gasteiger charge is 2.26. The molecular weight excluding hydrogens is 386 g/mol. The standard InChI is InChI=1S/C19H23N9O2/c1-13(14-8-4-2-5-9-14)21-23-19(29)16-15(12-27-10-6-3-7-11-27)22-26-28(16)18-17(20)24-30-25-18/h2,4-5,8-9H,3,6-7,10-12H2,1H3,(H2,20,24)(H,23,29). The monoisotopic (exact) mass is 409 g/mol. The molecule has 2 aromatic heterocycles. The molecule has 30 heavy (non-hydrogen) atoms. The van der Waals surface area contributed by atoms with Crippen molar-refractivity contribution >= 4 is 17.4 Å². The summed E-state index contributed by atoms with van der Waals surface area (Å²) in [6.45, 7) is 4.22. The maximum Gasteiger partial charge on any atom is 0.292 e. The first-order valence-electron chi connectivity index (χ1n) is 9.79. The van der Waals surface area contributed by atoms with Crippen LogP contribution in [0.4, 0.5) is 5.82 Å². The van der Waals surface area contributed by atoms with Gasteiger partial charge in [0.1, 0.15) is 5.69 Å². The number of benzene rings is 1. The van der Waals surface area contributed by atoms with Gasteiger partial charge in [0.25, 0.3) is 5.91 Å². The molecule has 3 N–H and O–H groups in total. The zero-order valence-corrected chi connectivity index (χ0v) is 16.7. The van der Waals surface area contributed by atoms with Crippen LogP contribution >= 0.6 is 0 Å². The summed E-state index contributed by atoms with van der Waals surface area (Å²) < 4.78 is 5.91. The van der Waals surface area contributed by atoms with E-state index in [1.807, 2.05) is 37.3 Å². The zero-order chi connectivity index (χ0) is 20.9. The molecule has 0 spiro atoms. The second kappa shape index (κ2) is 8.82. The SMILES string of the molecule is CC(=NNC(=O)c1c(CN2CCCCC2)nnn1-c1nonc1N)c1ccccc1. The Morgan fingerprint density at radius 1 is 1.20 bits per heavy atom. The number of nitrogens with one attached hydrogen (secondary N) is 1. The van der Waals surface area contributed by atoms with Gasteiger partial charge in [0.15, 0.2) is 5.69 Å². The van der Waals surface area contributed by atoms with Crippen molar-refractivity contribution < 1.29 is 9.42 Å². The summed E-state index contributed by atoms with van der Waals surface area (Å²) in [7, 11) is 0. The molecule has 1 amide bonds. The van der Waals surface area contributed by atoms with Crippen LogP contribution in [0.2, 0.25) is 0 Å². The summed E-state index contributed by atoms with van der Waals surface area (Å²) in [5.41, 5.74) is 10.7. The lowest BCUT2D eigenvalue weighted by atomic mass is 10.1. The molecule has 3 heterocycles. The van der Waals surface area contributed by atoms with E-state index in [0.29, 0.717) is 18.0 Å². The number of piperidine rings is 1. The van der Waals surface area contributed by atoms with Crippen molar-refractivity contribution in [2.24, 2.45) is 5.10 Å². The predicted molar refractivity (Wildman–Crippen MR) is 109 cm³/mol. The van der Waals surface area contributed by atoms with Crippen LogP contribution in [0.15, 0.2) is 40.1 Å². The molecule has 3 aromatic rings. The zero-order valence-electron chi connectivity index (χ0n) is 16.7. The molecule has 4 rings (SSSR count). The maximum absolute atomic E-state index is 13.1. The molecule has 1 aromatic carbocycles. The fourth-order valence-electron chi connectivity index (χ4n) is 3.39. The largest absolute Gasteiger partial charge is 0.378 e. The molecular formula is C19H23N9O2. The second-order valence-corrected chi connectivity index (χ2v) is 7.11. The molecule has 0 unspecified atom stereocenters. The van der Waals surface area contributed by atoms with Gasteiger partial charge < -0.3 is 5.73 Å². The fourth-order valence-corrected chi connectivity index (χ4v) is 3.39. The van der Waals surface area contributed by atoms with Gasteiger partial charge in [0.05, 0.1) is 5.71 Å². The maximum atomic E-state index is 13.1. The van der Waals surface area contributed by atoms with Crippen molar-refractivity contribution in [1.82, 2.24) is 35.6 Å². The molecule has 0 saturated carbocycles. The number of aromatic nitrogens is 5. The fraction of sp³-hybridized carbons (Fsp3) is 0.368. The van der Waals surface area contributed by atoms with Gasteiger partial charge in [-0.05, 0) is 48.7 Å². The van der Waals surface area contributed by atoms with Crippen molar-refractivity contribution in [1.29, 1.82) is 0 Å². The molecule has 0 atom stereocenters. The van der Waals surface area contributed by atoms with Crippen molar-refractivity contribution in [3.05, 3.63) is 47.3 Å². The number of carbonyl (C=O) groups excluding carboxylic acids is 1. The second-order valence-electron chi connectivity index (χ2n) is 7.11. The Morgan fingerprint density at radius 3 is 2.67 bits per heavy atom. The van der Waals surface area contributed by atoms with E-state index in [4.69, 9.17) is 5.73 Å². The lowest BCUT2D eigenvalue weighted by molar-refractivity contribution is 0.0944. The minimum Gasteiger partial charge on any atom is -0.378 e. The average molecular weight is 409 g/mol. The van der Waals surface area contributed by atoms with E-state index in [2.05, 4.69) is 40.7 Å². The summed E-state index contributed by atoms with van der Waals surface area (Å²) in [4.78, 5) is 15.3. The Labute approximate surface area is 172 Å². The smallest absolute Gasteiger partial charge is 0.292 e. The Balaban J connectivity index is 1.62. The molecule has 11 nitrogen and oxygen atoms in total. The van der Waals surface area contributed by atoms with Crippen molar-refractivity contribution in [3.63, 3.8) is 0 Å². The molecule has 1 aliphatic rings. The normalized spacial score (nSPS) is 15.3. The van der Waals surface area contributed by atoms with Gasteiger partial charge in [-0.2, -0.15) is 9.78 Å². The van der Waals surface area contributed by atoms with E-state index in [1.54, 1.807) is 0 Å². The topological polar surface area (TPSA) is 140 Å². The van der Waals surface area contributed by atoms with Crippen LogP contribution in [-0.4, -0.2) is 54.9 Å². The van der Waals surface area contributed by atoms with Crippen LogP contribution in [-0.2, 0) is 6.54 Å². The van der Waals surface area contributed by atoms with Crippen LogP contribution < -0.4 is 11.2 Å². The van der Waals surface area contributed by atoms with Crippen molar-refractivity contribution in [2.45, 2.75) is 32.7 Å². The third-order valence-electron chi connectivity index (χ3n) is 4.99. The number of nitrogens with zero attached hydrogens (tertiary/aromatic N) is 7. The molecule has 0 bridgehead atoms. The molecule has 1 saturated heterocycles. The average Bonchev–Trinajstić information content (AvgIpc) is 3.38. The summed E-state index contributed by atoms with van der Waals surface area (Å²) in [5, 5.41) is 19.8. The molecule has 0 aliphatic carbocycles. The number of likely N-dealkylation sites (tertiary alicyclic amines) is 1. The van der Waals surface area contributed by atoms with Crippen LogP contribution in [0.1, 0.15) is 47.9 Å². The third kappa shape index (κ3) is 4.20. The highest BCUT2D eigenvalue weighted by atomic mass is 16.6. The molecule has 11 heteroatoms. The van der Waals surface area contributed by atoms with E-state index >= 15 is 0 Å². The first-order chi connectivity index (χ1) is 14.6. The van der Waals surface area contributed by atoms with E-state index in [9.17, 15) is 4.79 Å². The Morgan fingerprint density at radius 2 is 1.97 bits per heavy atom. The number of hydrazone groups is 1. The highest BCUT2D eigenvalue weighted by molar-refractivity contribution is 6.00. The third-order valence-corrected chi connectivity index (χ3v) is 4.99. The number of nitrogens with two attached hydrogens (primary N) is 1. The predicted octanol–water partition coefficient (Wildman–Crippen LogP) is 1.37. The van der Waals surface area contributed by atoms with Crippen molar-refractivity contribution in [2.75, 3.05) is 18.8 Å². The van der Waals surface area contributed by atoms with Gasteiger partial charge in [-0.3, -0.25) is 9.69 Å². The summed E-state index contributed by atoms with van der Waals surface area (Å²) in [5.74, 6) is -0.339. The quantitative estimate of drug-likeness (QED) is 0.459. The molecule has 1 fully saturated rings. The molecule has 156 valence electrons. The van der Waals surface area contributed by atoms with E-state index in [-0.39, 0.29) is 17.3 Å². The highest BCUT2D eigenvalue weighted by Crippen LogP contribution is 2.19. The van der Waals surface area contributed by atoms with E-state index < -0.39 is 5.91 Å². The van der Waals surface area contributed by atoms with Crippen LogP contribution in [0.25, 0.3) is 5.82 Å². The first-order valence-corrected chi connectivity index (χ1v) is 9.79. The lowest BCUT2D eigenvalue weighted by Gasteiger charge is -2.25. The van der Waals surface area contributed by atoms with Gasteiger partial charge in [-0.1, -0.05) is 42.0 Å². The van der Waals surface area contributed by atoms with E-state index in [1.165, 1.54) is 11.1 Å². The number of nitrogen functional groups attached to an aromatic ring is 1. The summed E-state index contributed by atoms with van der Waals surface area (Å²) >= 11 is 0. The molecule has 0 radical (unpaired) electrons. The Hall–Kier alpha value is -3.60. The van der Waals surface area contributed by atoms with Gasteiger partial charge in [-0.15, -0.1) is 5.10 Å². The first kappa shape index (κ1) is 19.7. The number of carbonyl (C=O) groups is 1. The minimum atomic E-state index is -0.468. The van der Waals surface area contributed by atoms with Gasteiger partial charge >= 0.3 is 0 Å². The van der Waals surface area contributed by atoms with Crippen molar-refractivity contribution in [3.8, 4) is 5.82 Å². The van der Waals surface area contributed by atoms with Gasteiger partial charge in [0.2, 0.25) is 11.6 Å². The molecule has 1 aliphatic heterocycles. The lowest BCUT2D eigenvalue weighted by Crippen LogP contribution is -2.31. The van der Waals surface area contributed by atoms with Crippen LogP contribution in [0.5, 0.6) is 0 Å². The van der Waals surface area contributed by atoms with Crippen LogP contribution in [0, 0.1) is 0 Å². The number of amides is 1. The number of hydrogen-bond acceptors (Lipinski definition) is 9.